The lowest BCUT2D eigenvalue weighted by atomic mass is 10.1. The smallest absolute Gasteiger partial charge is 0.255 e. The number of nitrogen functional groups attached to an aromatic ring is 1. The molecule has 0 fully saturated rings. The Morgan fingerprint density at radius 2 is 1.74 bits per heavy atom. The molecule has 0 saturated heterocycles. The van der Waals surface area contributed by atoms with Crippen LogP contribution >= 0.6 is 0 Å². The molecule has 0 aliphatic heterocycles. The summed E-state index contributed by atoms with van der Waals surface area (Å²) in [5, 5.41) is 0. The Morgan fingerprint density at radius 1 is 1.11 bits per heavy atom. The van der Waals surface area contributed by atoms with Gasteiger partial charge in [-0.3, -0.25) is 4.79 Å². The van der Waals surface area contributed by atoms with Crippen LogP contribution in [0.3, 0.4) is 0 Å². The van der Waals surface area contributed by atoms with Crippen molar-refractivity contribution in [2.75, 3.05) is 59.0 Å². The molecule has 0 aliphatic carbocycles. The lowest BCUT2D eigenvalue weighted by Crippen LogP contribution is -2.31. The number of amides is 1. The van der Waals surface area contributed by atoms with Crippen molar-refractivity contribution < 1.29 is 4.79 Å². The largest absolute Gasteiger partial charge is 0.399 e. The Balaban J connectivity index is 3.03. The van der Waals surface area contributed by atoms with Crippen LogP contribution in [0.15, 0.2) is 18.2 Å². The molecule has 0 radical (unpaired) electrons. The zero-order chi connectivity index (χ0) is 14.6. The van der Waals surface area contributed by atoms with Gasteiger partial charge in [-0.25, -0.2) is 0 Å². The Labute approximate surface area is 115 Å². The molecule has 2 N–H and O–H groups in total. The van der Waals surface area contributed by atoms with Crippen molar-refractivity contribution in [3.8, 4) is 0 Å². The number of carbonyl (C=O) groups excluding carboxylic acids is 1. The van der Waals surface area contributed by atoms with Crippen LogP contribution in [-0.2, 0) is 0 Å². The lowest BCUT2D eigenvalue weighted by molar-refractivity contribution is 0.0828. The van der Waals surface area contributed by atoms with Crippen molar-refractivity contribution in [2.45, 2.75) is 0 Å². The normalized spacial score (nSPS) is 10.6. The summed E-state index contributed by atoms with van der Waals surface area (Å²) in [5.41, 5.74) is 8.06. The third-order valence-corrected chi connectivity index (χ3v) is 2.95. The maximum absolute atomic E-state index is 12.2. The number of anilines is 2. The standard InChI is InChI=1S/C14H24N4O/c1-16(2)8-9-18(5)13-10-11(15)6-7-12(13)14(19)17(3)4/h6-7,10H,8-9,15H2,1-5H3. The third kappa shape index (κ3) is 4.13. The monoisotopic (exact) mass is 264 g/mol. The number of nitrogens with two attached hydrogens (primary N) is 1. The molecule has 5 nitrogen and oxygen atoms in total. The van der Waals surface area contributed by atoms with Gasteiger partial charge in [0.15, 0.2) is 0 Å². The van der Waals surface area contributed by atoms with Gasteiger partial charge < -0.3 is 20.4 Å². The van der Waals surface area contributed by atoms with Gasteiger partial charge in [0.2, 0.25) is 0 Å². The molecule has 0 bridgehead atoms. The highest BCUT2D eigenvalue weighted by Gasteiger charge is 2.16. The van der Waals surface area contributed by atoms with Crippen molar-refractivity contribution in [3.63, 3.8) is 0 Å². The molecule has 0 spiro atoms. The molecule has 19 heavy (non-hydrogen) atoms. The zero-order valence-electron chi connectivity index (χ0n) is 12.5. The molecule has 1 amide bonds. The first-order valence-corrected chi connectivity index (χ1v) is 6.30. The number of rotatable bonds is 5. The molecule has 0 unspecified atom stereocenters. The highest BCUT2D eigenvalue weighted by molar-refractivity contribution is 6.00. The molecule has 0 heterocycles. The van der Waals surface area contributed by atoms with E-state index in [4.69, 9.17) is 5.73 Å². The van der Waals surface area contributed by atoms with Gasteiger partial charge in [-0.15, -0.1) is 0 Å². The quantitative estimate of drug-likeness (QED) is 0.805. The van der Waals surface area contributed by atoms with Gasteiger partial charge in [0.1, 0.15) is 0 Å². The highest BCUT2D eigenvalue weighted by Crippen LogP contribution is 2.23. The second-order valence-electron chi connectivity index (χ2n) is 5.20. The van der Waals surface area contributed by atoms with Crippen LogP contribution in [0.1, 0.15) is 10.4 Å². The Hall–Kier alpha value is -1.75. The summed E-state index contributed by atoms with van der Waals surface area (Å²) in [6.07, 6.45) is 0. The van der Waals surface area contributed by atoms with Crippen molar-refractivity contribution in [1.29, 1.82) is 0 Å². The van der Waals surface area contributed by atoms with Crippen LogP contribution in [0.2, 0.25) is 0 Å². The van der Waals surface area contributed by atoms with Gasteiger partial charge in [-0.2, -0.15) is 0 Å². The number of likely N-dealkylation sites (N-methyl/N-ethyl adjacent to an activating group) is 2. The van der Waals surface area contributed by atoms with Crippen LogP contribution < -0.4 is 10.6 Å². The minimum atomic E-state index is -0.00768. The fourth-order valence-corrected chi connectivity index (χ4v) is 1.76. The molecule has 0 aliphatic rings. The average molecular weight is 264 g/mol. The zero-order valence-corrected chi connectivity index (χ0v) is 12.5. The number of nitrogens with zero attached hydrogens (tertiary/aromatic N) is 3. The number of benzene rings is 1. The maximum Gasteiger partial charge on any atom is 0.255 e. The molecule has 0 atom stereocenters. The fourth-order valence-electron chi connectivity index (χ4n) is 1.76. The third-order valence-electron chi connectivity index (χ3n) is 2.95. The van der Waals surface area contributed by atoms with E-state index in [2.05, 4.69) is 9.80 Å². The van der Waals surface area contributed by atoms with Crippen LogP contribution in [0.4, 0.5) is 11.4 Å². The summed E-state index contributed by atoms with van der Waals surface area (Å²) in [6.45, 7) is 1.76. The van der Waals surface area contributed by atoms with E-state index in [9.17, 15) is 4.79 Å². The van der Waals surface area contributed by atoms with Crippen molar-refractivity contribution in [1.82, 2.24) is 9.80 Å². The van der Waals surface area contributed by atoms with E-state index >= 15 is 0 Å². The summed E-state index contributed by atoms with van der Waals surface area (Å²) in [6, 6.07) is 5.41. The van der Waals surface area contributed by atoms with Crippen LogP contribution in [0.25, 0.3) is 0 Å². The van der Waals surface area contributed by atoms with Crippen LogP contribution in [-0.4, -0.2) is 64.0 Å². The van der Waals surface area contributed by atoms with E-state index in [1.165, 1.54) is 0 Å². The van der Waals surface area contributed by atoms with E-state index in [0.29, 0.717) is 11.3 Å². The summed E-state index contributed by atoms with van der Waals surface area (Å²) < 4.78 is 0. The molecule has 1 aromatic carbocycles. The molecule has 106 valence electrons. The predicted octanol–water partition coefficient (Wildman–Crippen LogP) is 0.968. The molecule has 1 rings (SSSR count). The van der Waals surface area contributed by atoms with Gasteiger partial charge in [-0.1, -0.05) is 0 Å². The van der Waals surface area contributed by atoms with E-state index in [0.717, 1.165) is 18.8 Å². The Morgan fingerprint density at radius 3 is 2.26 bits per heavy atom. The topological polar surface area (TPSA) is 52.8 Å². The van der Waals surface area contributed by atoms with Crippen molar-refractivity contribution in [2.24, 2.45) is 0 Å². The first-order valence-electron chi connectivity index (χ1n) is 6.30. The lowest BCUT2D eigenvalue weighted by Gasteiger charge is -2.25. The van der Waals surface area contributed by atoms with E-state index in [1.54, 1.807) is 31.1 Å². The van der Waals surface area contributed by atoms with E-state index < -0.39 is 0 Å². The molecule has 1 aromatic rings. The molecule has 0 saturated carbocycles. The molecule has 5 heteroatoms. The predicted molar refractivity (Wildman–Crippen MR) is 80.7 cm³/mol. The van der Waals surface area contributed by atoms with Gasteiger partial charge >= 0.3 is 0 Å². The number of hydrogen-bond donors (Lipinski definition) is 1. The van der Waals surface area contributed by atoms with Gasteiger partial charge in [0.25, 0.3) is 5.91 Å². The summed E-state index contributed by atoms with van der Waals surface area (Å²) in [7, 11) is 9.54. The van der Waals surface area contributed by atoms with Gasteiger partial charge in [0.05, 0.1) is 11.3 Å². The Kier molecular flexibility index (Phi) is 5.18. The van der Waals surface area contributed by atoms with Gasteiger partial charge in [-0.05, 0) is 32.3 Å². The summed E-state index contributed by atoms with van der Waals surface area (Å²) >= 11 is 0. The highest BCUT2D eigenvalue weighted by atomic mass is 16.2. The molecule has 0 aromatic heterocycles. The van der Waals surface area contributed by atoms with Crippen molar-refractivity contribution >= 4 is 17.3 Å². The minimum absolute atomic E-state index is 0.00768. The van der Waals surface area contributed by atoms with Crippen molar-refractivity contribution in [3.05, 3.63) is 23.8 Å². The fraction of sp³-hybridized carbons (Fsp3) is 0.500. The SMILES string of the molecule is CN(C)CCN(C)c1cc(N)ccc1C(=O)N(C)C. The second-order valence-corrected chi connectivity index (χ2v) is 5.20. The second kappa shape index (κ2) is 6.43. The first kappa shape index (κ1) is 15.3. The minimum Gasteiger partial charge on any atom is -0.399 e. The molecular formula is C14H24N4O. The first-order chi connectivity index (χ1) is 8.82. The number of hydrogen-bond acceptors (Lipinski definition) is 4. The average Bonchev–Trinajstić information content (AvgIpc) is 2.34. The summed E-state index contributed by atoms with van der Waals surface area (Å²) in [4.78, 5) is 17.9. The summed E-state index contributed by atoms with van der Waals surface area (Å²) in [5.74, 6) is -0.00768. The Bertz CT molecular complexity index is 443. The maximum atomic E-state index is 12.2. The number of carbonyl (C=O) groups is 1. The van der Waals surface area contributed by atoms with Gasteiger partial charge in [0, 0.05) is 39.9 Å². The van der Waals surface area contributed by atoms with Crippen LogP contribution in [0.5, 0.6) is 0 Å². The van der Waals surface area contributed by atoms with E-state index in [1.807, 2.05) is 27.2 Å². The van der Waals surface area contributed by atoms with E-state index in [-0.39, 0.29) is 5.91 Å². The van der Waals surface area contributed by atoms with Crippen LogP contribution in [0, 0.1) is 0 Å². The molecular weight excluding hydrogens is 240 g/mol.